The Bertz CT molecular complexity index is 684. The van der Waals surface area contributed by atoms with Gasteiger partial charge in [0.05, 0.1) is 11.0 Å². The molecule has 1 aromatic rings. The van der Waals surface area contributed by atoms with Crippen LogP contribution in [0.5, 0.6) is 0 Å². The van der Waals surface area contributed by atoms with Crippen molar-refractivity contribution < 1.29 is 18.3 Å². The minimum atomic E-state index is -3.51. The molecule has 24 heavy (non-hydrogen) atoms. The molecule has 1 atom stereocenters. The Morgan fingerprint density at radius 2 is 1.79 bits per heavy atom. The van der Waals surface area contributed by atoms with E-state index in [4.69, 9.17) is 0 Å². The second kappa shape index (κ2) is 7.18. The predicted octanol–water partition coefficient (Wildman–Crippen LogP) is -0.123. The summed E-state index contributed by atoms with van der Waals surface area (Å²) >= 11 is 0. The molecule has 1 amide bonds. The summed E-state index contributed by atoms with van der Waals surface area (Å²) in [6, 6.07) is 6.09. The number of sulfonamides is 1. The lowest BCUT2D eigenvalue weighted by Crippen LogP contribution is -2.46. The Morgan fingerprint density at radius 3 is 2.42 bits per heavy atom. The summed E-state index contributed by atoms with van der Waals surface area (Å²) in [6.45, 7) is 3.15. The van der Waals surface area contributed by atoms with Crippen molar-refractivity contribution in [1.82, 2.24) is 14.5 Å². The van der Waals surface area contributed by atoms with Gasteiger partial charge in [-0.15, -0.1) is 0 Å². The molecule has 0 spiro atoms. The fourth-order valence-electron chi connectivity index (χ4n) is 3.13. The highest BCUT2D eigenvalue weighted by atomic mass is 32.2. The molecule has 132 valence electrons. The third-order valence-electron chi connectivity index (χ3n) is 4.50. The number of piperazine rings is 1. The summed E-state index contributed by atoms with van der Waals surface area (Å²) in [6.07, 6.45) is 1.02. The van der Waals surface area contributed by atoms with Crippen molar-refractivity contribution in [3.8, 4) is 0 Å². The third kappa shape index (κ3) is 3.61. The molecular weight excluding hydrogens is 330 g/mol. The Morgan fingerprint density at radius 1 is 1.12 bits per heavy atom. The molecule has 2 heterocycles. The predicted molar refractivity (Wildman–Crippen MR) is 89.2 cm³/mol. The quantitative estimate of drug-likeness (QED) is 0.791. The number of rotatable bonds is 3. The van der Waals surface area contributed by atoms with E-state index in [0.717, 1.165) is 6.42 Å². The summed E-state index contributed by atoms with van der Waals surface area (Å²) in [7, 11) is -3.51. The number of likely N-dealkylation sites (tertiary alicyclic amines) is 1. The largest absolute Gasteiger partial charge is 0.391 e. The molecule has 2 aliphatic rings. The van der Waals surface area contributed by atoms with Gasteiger partial charge in [0.15, 0.2) is 0 Å². The monoisotopic (exact) mass is 353 g/mol. The van der Waals surface area contributed by atoms with Crippen molar-refractivity contribution in [2.24, 2.45) is 0 Å². The topological polar surface area (TPSA) is 90.0 Å². The summed E-state index contributed by atoms with van der Waals surface area (Å²) in [5, 5.41) is 12.8. The molecule has 3 rings (SSSR count). The van der Waals surface area contributed by atoms with Gasteiger partial charge < -0.3 is 15.3 Å². The molecule has 1 aromatic carbocycles. The summed E-state index contributed by atoms with van der Waals surface area (Å²) in [5.41, 5.74) is 0.448. The standard InChI is InChI=1S/C16H23N3O4S/c20-14-2-1-9-18(12-14)16(21)13-3-5-15(6-4-13)24(22,23)19-10-7-17-8-11-19/h3-6,14,17,20H,1-2,7-12H2. The lowest BCUT2D eigenvalue weighted by atomic mass is 10.1. The van der Waals surface area contributed by atoms with E-state index in [1.54, 1.807) is 17.0 Å². The molecule has 0 radical (unpaired) electrons. The van der Waals surface area contributed by atoms with Gasteiger partial charge in [-0.2, -0.15) is 4.31 Å². The number of nitrogens with one attached hydrogen (secondary N) is 1. The summed E-state index contributed by atoms with van der Waals surface area (Å²) in [4.78, 5) is 14.3. The molecule has 2 fully saturated rings. The molecular formula is C16H23N3O4S. The van der Waals surface area contributed by atoms with Gasteiger partial charge in [-0.3, -0.25) is 4.79 Å². The van der Waals surface area contributed by atoms with Gasteiger partial charge in [0, 0.05) is 44.8 Å². The number of carbonyl (C=O) groups is 1. The Hall–Kier alpha value is -1.48. The van der Waals surface area contributed by atoms with E-state index in [1.165, 1.54) is 16.4 Å². The third-order valence-corrected chi connectivity index (χ3v) is 6.41. The van der Waals surface area contributed by atoms with Crippen molar-refractivity contribution in [2.75, 3.05) is 39.3 Å². The number of amides is 1. The zero-order valence-corrected chi connectivity index (χ0v) is 14.3. The van der Waals surface area contributed by atoms with Gasteiger partial charge in [-0.05, 0) is 37.1 Å². The minimum Gasteiger partial charge on any atom is -0.391 e. The second-order valence-electron chi connectivity index (χ2n) is 6.23. The molecule has 0 bridgehead atoms. The van der Waals surface area contributed by atoms with Gasteiger partial charge >= 0.3 is 0 Å². The van der Waals surface area contributed by atoms with Crippen LogP contribution in [0.25, 0.3) is 0 Å². The van der Waals surface area contributed by atoms with Crippen LogP contribution in [0, 0.1) is 0 Å². The fourth-order valence-corrected chi connectivity index (χ4v) is 4.57. The maximum absolute atomic E-state index is 12.6. The first-order chi connectivity index (χ1) is 11.5. The van der Waals surface area contributed by atoms with Gasteiger partial charge in [0.1, 0.15) is 0 Å². The Kier molecular flexibility index (Phi) is 5.19. The SMILES string of the molecule is O=C(c1ccc(S(=O)(=O)N2CCNCC2)cc1)N1CCCC(O)C1. The van der Waals surface area contributed by atoms with Crippen molar-refractivity contribution in [2.45, 2.75) is 23.8 Å². The maximum atomic E-state index is 12.6. The first-order valence-electron chi connectivity index (χ1n) is 8.27. The molecule has 0 saturated carbocycles. The highest BCUT2D eigenvalue weighted by molar-refractivity contribution is 7.89. The highest BCUT2D eigenvalue weighted by Crippen LogP contribution is 2.19. The average Bonchev–Trinajstić information content (AvgIpc) is 2.62. The molecule has 0 aliphatic carbocycles. The van der Waals surface area contributed by atoms with Crippen LogP contribution in [-0.2, 0) is 10.0 Å². The van der Waals surface area contributed by atoms with E-state index in [0.29, 0.717) is 51.3 Å². The highest BCUT2D eigenvalue weighted by Gasteiger charge is 2.27. The Balaban J connectivity index is 1.74. The van der Waals surface area contributed by atoms with Crippen molar-refractivity contribution in [3.63, 3.8) is 0 Å². The average molecular weight is 353 g/mol. The fraction of sp³-hybridized carbons (Fsp3) is 0.562. The van der Waals surface area contributed by atoms with Crippen LogP contribution in [0.4, 0.5) is 0 Å². The number of piperidine rings is 1. The van der Waals surface area contributed by atoms with E-state index in [-0.39, 0.29) is 10.8 Å². The zero-order chi connectivity index (χ0) is 17.2. The Labute approximate surface area is 142 Å². The van der Waals surface area contributed by atoms with Crippen LogP contribution in [-0.4, -0.2) is 74.0 Å². The molecule has 1 unspecified atom stereocenters. The van der Waals surface area contributed by atoms with Gasteiger partial charge in [-0.1, -0.05) is 0 Å². The molecule has 0 aromatic heterocycles. The van der Waals surface area contributed by atoms with E-state index in [2.05, 4.69) is 5.32 Å². The molecule has 2 N–H and O–H groups in total. The maximum Gasteiger partial charge on any atom is 0.253 e. The van der Waals surface area contributed by atoms with Gasteiger partial charge in [0.25, 0.3) is 5.91 Å². The lowest BCUT2D eigenvalue weighted by Gasteiger charge is -2.30. The van der Waals surface area contributed by atoms with E-state index in [1.807, 2.05) is 0 Å². The second-order valence-corrected chi connectivity index (χ2v) is 8.16. The smallest absolute Gasteiger partial charge is 0.253 e. The summed E-state index contributed by atoms with van der Waals surface area (Å²) < 4.78 is 26.6. The van der Waals surface area contributed by atoms with Crippen LogP contribution in [0.2, 0.25) is 0 Å². The number of aliphatic hydroxyl groups excluding tert-OH is 1. The van der Waals surface area contributed by atoms with Crippen LogP contribution in [0.1, 0.15) is 23.2 Å². The van der Waals surface area contributed by atoms with E-state index >= 15 is 0 Å². The molecule has 8 heteroatoms. The number of nitrogens with zero attached hydrogens (tertiary/aromatic N) is 2. The van der Waals surface area contributed by atoms with Crippen molar-refractivity contribution in [3.05, 3.63) is 29.8 Å². The lowest BCUT2D eigenvalue weighted by molar-refractivity contribution is 0.0473. The number of carbonyl (C=O) groups excluding carboxylic acids is 1. The number of hydrogen-bond donors (Lipinski definition) is 2. The normalized spacial score (nSPS) is 23.2. The molecule has 2 aliphatic heterocycles. The first-order valence-corrected chi connectivity index (χ1v) is 9.71. The molecule has 7 nitrogen and oxygen atoms in total. The zero-order valence-electron chi connectivity index (χ0n) is 13.5. The summed E-state index contributed by atoms with van der Waals surface area (Å²) in [5.74, 6) is -0.167. The van der Waals surface area contributed by atoms with Gasteiger partial charge in [-0.25, -0.2) is 8.42 Å². The number of β-amino-alcohol motifs (C(OH)–C–C–N with tert-alkyl or cyclic N) is 1. The van der Waals surface area contributed by atoms with Crippen LogP contribution in [0.3, 0.4) is 0 Å². The number of hydrogen-bond acceptors (Lipinski definition) is 5. The van der Waals surface area contributed by atoms with E-state index < -0.39 is 16.1 Å². The molecule has 2 saturated heterocycles. The van der Waals surface area contributed by atoms with Crippen molar-refractivity contribution >= 4 is 15.9 Å². The van der Waals surface area contributed by atoms with Gasteiger partial charge in [0.2, 0.25) is 10.0 Å². The van der Waals surface area contributed by atoms with Crippen LogP contribution >= 0.6 is 0 Å². The van der Waals surface area contributed by atoms with Crippen LogP contribution in [0.15, 0.2) is 29.2 Å². The number of benzene rings is 1. The van der Waals surface area contributed by atoms with Crippen LogP contribution < -0.4 is 5.32 Å². The van der Waals surface area contributed by atoms with Crippen molar-refractivity contribution in [1.29, 1.82) is 0 Å². The first kappa shape index (κ1) is 17.3. The minimum absolute atomic E-state index is 0.167. The van der Waals surface area contributed by atoms with E-state index in [9.17, 15) is 18.3 Å². The number of aliphatic hydroxyl groups is 1.